The van der Waals surface area contributed by atoms with Gasteiger partial charge in [0, 0.05) is 47.6 Å². The predicted molar refractivity (Wildman–Crippen MR) is 90.6 cm³/mol. The lowest BCUT2D eigenvalue weighted by atomic mass is 9.99. The third-order valence-corrected chi connectivity index (χ3v) is 5.22. The average Bonchev–Trinajstić information content (AvgIpc) is 3.11. The number of nitrogens with one attached hydrogen (secondary N) is 1. The molecule has 2 fully saturated rings. The van der Waals surface area contributed by atoms with E-state index in [1.807, 2.05) is 17.9 Å². The fraction of sp³-hybridized carbons (Fsp3) is 0.444. The second kappa shape index (κ2) is 5.00. The summed E-state index contributed by atoms with van der Waals surface area (Å²) in [7, 11) is 0. The number of nitrogens with zero attached hydrogens (tertiary/aromatic N) is 4. The van der Waals surface area contributed by atoms with Gasteiger partial charge in [-0.2, -0.15) is 0 Å². The number of amides is 1. The molecule has 24 heavy (non-hydrogen) atoms. The van der Waals surface area contributed by atoms with Crippen LogP contribution in [-0.2, 0) is 4.79 Å². The molecule has 2 aliphatic rings. The fourth-order valence-electron chi connectivity index (χ4n) is 3.87. The zero-order valence-electron chi connectivity index (χ0n) is 13.6. The van der Waals surface area contributed by atoms with E-state index in [-0.39, 0.29) is 0 Å². The fourth-order valence-corrected chi connectivity index (χ4v) is 3.87. The van der Waals surface area contributed by atoms with E-state index < -0.39 is 0 Å². The van der Waals surface area contributed by atoms with Gasteiger partial charge >= 0.3 is 0 Å². The van der Waals surface area contributed by atoms with E-state index in [1.54, 1.807) is 12.4 Å². The molecule has 0 aromatic carbocycles. The Morgan fingerprint density at radius 3 is 3.00 bits per heavy atom. The number of carbonyl (C=O) groups is 1. The molecule has 1 unspecified atom stereocenters. The van der Waals surface area contributed by atoms with Gasteiger partial charge in [-0.1, -0.05) is 0 Å². The lowest BCUT2D eigenvalue weighted by molar-refractivity contribution is -0.131. The summed E-state index contributed by atoms with van der Waals surface area (Å²) in [5, 5.41) is 2.15. The van der Waals surface area contributed by atoms with Gasteiger partial charge < -0.3 is 9.88 Å². The summed E-state index contributed by atoms with van der Waals surface area (Å²) in [6, 6.07) is 2.00. The number of pyridine rings is 1. The van der Waals surface area contributed by atoms with Crippen LogP contribution < -0.4 is 0 Å². The van der Waals surface area contributed by atoms with Gasteiger partial charge in [0.05, 0.1) is 11.7 Å². The van der Waals surface area contributed by atoms with Crippen LogP contribution >= 0.6 is 0 Å². The molecular weight excluding hydrogens is 302 g/mol. The maximum atomic E-state index is 12.4. The van der Waals surface area contributed by atoms with Crippen molar-refractivity contribution in [2.45, 2.75) is 32.1 Å². The van der Waals surface area contributed by atoms with Gasteiger partial charge in [-0.15, -0.1) is 0 Å². The molecule has 0 radical (unpaired) electrons. The molecular formula is C18H19N5O. The zero-order chi connectivity index (χ0) is 16.3. The van der Waals surface area contributed by atoms with Crippen LogP contribution in [0.25, 0.3) is 21.9 Å². The van der Waals surface area contributed by atoms with Crippen molar-refractivity contribution < 1.29 is 4.79 Å². The van der Waals surface area contributed by atoms with Gasteiger partial charge in [0.25, 0.3) is 0 Å². The molecule has 122 valence electrons. The van der Waals surface area contributed by atoms with E-state index in [0.717, 1.165) is 60.1 Å². The summed E-state index contributed by atoms with van der Waals surface area (Å²) in [5.74, 6) is 1.83. The molecule has 0 spiro atoms. The molecule has 6 nitrogen and oxygen atoms in total. The van der Waals surface area contributed by atoms with Crippen molar-refractivity contribution in [3.63, 3.8) is 0 Å². The van der Waals surface area contributed by atoms with Crippen LogP contribution in [0.5, 0.6) is 0 Å². The van der Waals surface area contributed by atoms with Crippen LogP contribution in [0.4, 0.5) is 0 Å². The molecule has 6 heteroatoms. The van der Waals surface area contributed by atoms with Crippen molar-refractivity contribution in [3.05, 3.63) is 30.0 Å². The molecule has 1 saturated carbocycles. The number of fused-ring (bicyclic) bond motifs is 3. The highest BCUT2D eigenvalue weighted by atomic mass is 16.2. The third kappa shape index (κ3) is 2.09. The Kier molecular flexibility index (Phi) is 2.89. The number of aryl methyl sites for hydroxylation is 1. The van der Waals surface area contributed by atoms with Crippen molar-refractivity contribution in [2.75, 3.05) is 13.1 Å². The predicted octanol–water partition coefficient (Wildman–Crippen LogP) is 2.54. The number of likely N-dealkylation sites (tertiary alicyclic amines) is 1. The quantitative estimate of drug-likeness (QED) is 0.787. The van der Waals surface area contributed by atoms with E-state index in [9.17, 15) is 4.79 Å². The number of hydrogen-bond acceptors (Lipinski definition) is 4. The van der Waals surface area contributed by atoms with E-state index in [2.05, 4.69) is 19.9 Å². The van der Waals surface area contributed by atoms with Gasteiger partial charge in [-0.3, -0.25) is 4.79 Å². The summed E-state index contributed by atoms with van der Waals surface area (Å²) in [4.78, 5) is 31.2. The minimum Gasteiger partial charge on any atom is -0.346 e. The van der Waals surface area contributed by atoms with Gasteiger partial charge in [-0.25, -0.2) is 15.0 Å². The first-order valence-electron chi connectivity index (χ1n) is 8.59. The maximum absolute atomic E-state index is 12.4. The normalized spacial score (nSPS) is 21.0. The molecule has 1 N–H and O–H groups in total. The molecule has 1 saturated heterocycles. The Morgan fingerprint density at radius 2 is 2.17 bits per heavy atom. The second-order valence-electron chi connectivity index (χ2n) is 6.98. The van der Waals surface area contributed by atoms with Crippen molar-refractivity contribution in [2.24, 2.45) is 5.92 Å². The summed E-state index contributed by atoms with van der Waals surface area (Å²) in [6.07, 6.45) is 6.71. The first-order chi connectivity index (χ1) is 11.7. The lowest BCUT2D eigenvalue weighted by Gasteiger charge is -2.18. The number of H-pyrrole nitrogens is 1. The van der Waals surface area contributed by atoms with Crippen LogP contribution in [0.2, 0.25) is 0 Å². The molecule has 3 aromatic rings. The Morgan fingerprint density at radius 1 is 1.29 bits per heavy atom. The van der Waals surface area contributed by atoms with E-state index >= 15 is 0 Å². The summed E-state index contributed by atoms with van der Waals surface area (Å²) < 4.78 is 0. The highest BCUT2D eigenvalue weighted by Crippen LogP contribution is 2.37. The first-order valence-corrected chi connectivity index (χ1v) is 8.59. The molecule has 4 heterocycles. The summed E-state index contributed by atoms with van der Waals surface area (Å²) >= 11 is 0. The Bertz CT molecular complexity index is 959. The number of carbonyl (C=O) groups excluding carboxylic acids is 1. The highest BCUT2D eigenvalue weighted by Gasteiger charge is 2.37. The standard InChI is InChI=1S/C18H19N5O/c1-10-21-14-8-20-17-13(4-6-19-17)15(14)16(22-10)12-5-7-23(9-12)18(24)11-2-3-11/h4,6,8,11-12H,2-3,5,7,9H2,1H3,(H,21,22). The average molecular weight is 321 g/mol. The third-order valence-electron chi connectivity index (χ3n) is 5.22. The number of aromatic nitrogens is 4. The zero-order valence-corrected chi connectivity index (χ0v) is 13.6. The molecule has 5 rings (SSSR count). The van der Waals surface area contributed by atoms with Crippen LogP contribution in [0.15, 0.2) is 18.5 Å². The van der Waals surface area contributed by atoms with E-state index in [1.165, 1.54) is 5.69 Å². The summed E-state index contributed by atoms with van der Waals surface area (Å²) in [6.45, 7) is 3.62. The molecule has 0 bridgehead atoms. The second-order valence-corrected chi connectivity index (χ2v) is 6.98. The number of aromatic amines is 1. The first kappa shape index (κ1) is 13.9. The van der Waals surface area contributed by atoms with Gasteiger partial charge in [0.1, 0.15) is 5.82 Å². The van der Waals surface area contributed by atoms with Crippen LogP contribution in [0.3, 0.4) is 0 Å². The molecule has 1 atom stereocenters. The van der Waals surface area contributed by atoms with Crippen molar-refractivity contribution in [3.8, 4) is 0 Å². The van der Waals surface area contributed by atoms with Crippen molar-refractivity contribution >= 4 is 27.8 Å². The minimum atomic E-state index is 0.291. The Labute approximate surface area is 139 Å². The largest absolute Gasteiger partial charge is 0.346 e. The van der Waals surface area contributed by atoms with Crippen molar-refractivity contribution in [1.29, 1.82) is 0 Å². The van der Waals surface area contributed by atoms with Gasteiger partial charge in [0.15, 0.2) is 5.65 Å². The smallest absolute Gasteiger partial charge is 0.225 e. The van der Waals surface area contributed by atoms with E-state index in [4.69, 9.17) is 0 Å². The van der Waals surface area contributed by atoms with Crippen LogP contribution in [-0.4, -0.2) is 43.8 Å². The number of rotatable bonds is 2. The monoisotopic (exact) mass is 321 g/mol. The minimum absolute atomic E-state index is 0.291. The van der Waals surface area contributed by atoms with Crippen molar-refractivity contribution in [1.82, 2.24) is 24.8 Å². The molecule has 3 aromatic heterocycles. The molecule has 1 aliphatic heterocycles. The van der Waals surface area contributed by atoms with Gasteiger partial charge in [0.2, 0.25) is 5.91 Å². The van der Waals surface area contributed by atoms with E-state index in [0.29, 0.717) is 17.7 Å². The highest BCUT2D eigenvalue weighted by molar-refractivity contribution is 6.04. The SMILES string of the molecule is Cc1nc2cnc3nccc3c2c(C2CCN(C(=O)C3CC3)C2)[nH]1. The summed E-state index contributed by atoms with van der Waals surface area (Å²) in [5.41, 5.74) is 2.82. The molecule has 1 amide bonds. The lowest BCUT2D eigenvalue weighted by Crippen LogP contribution is -2.29. The number of hydrogen-bond donors (Lipinski definition) is 1. The Balaban J connectivity index is 1.61. The topological polar surface area (TPSA) is 74.8 Å². The molecule has 1 aliphatic carbocycles. The maximum Gasteiger partial charge on any atom is 0.225 e. The van der Waals surface area contributed by atoms with Crippen LogP contribution in [0, 0.1) is 12.8 Å². The van der Waals surface area contributed by atoms with Crippen LogP contribution in [0.1, 0.15) is 36.7 Å². The van der Waals surface area contributed by atoms with Gasteiger partial charge in [-0.05, 0) is 32.3 Å². The Hall–Kier alpha value is -2.50.